The highest BCUT2D eigenvalue weighted by atomic mass is 16.5. The second-order valence-electron chi connectivity index (χ2n) is 6.25. The summed E-state index contributed by atoms with van der Waals surface area (Å²) >= 11 is 0. The predicted molar refractivity (Wildman–Crippen MR) is 83.9 cm³/mol. The van der Waals surface area contributed by atoms with Crippen molar-refractivity contribution in [2.75, 3.05) is 37.7 Å². The van der Waals surface area contributed by atoms with Gasteiger partial charge in [-0.3, -0.25) is 4.79 Å². The molecule has 22 heavy (non-hydrogen) atoms. The van der Waals surface area contributed by atoms with E-state index in [-0.39, 0.29) is 12.0 Å². The van der Waals surface area contributed by atoms with E-state index in [1.54, 1.807) is 0 Å². The first-order valence-electron chi connectivity index (χ1n) is 8.13. The molecule has 0 spiro atoms. The summed E-state index contributed by atoms with van der Waals surface area (Å²) in [4.78, 5) is 25.4. The summed E-state index contributed by atoms with van der Waals surface area (Å²) in [7, 11) is 0. The summed E-state index contributed by atoms with van der Waals surface area (Å²) in [5, 5.41) is 0. The maximum Gasteiger partial charge on any atom is 0.251 e. The minimum absolute atomic E-state index is 0.147. The molecular weight excluding hydrogens is 280 g/mol. The zero-order valence-corrected chi connectivity index (χ0v) is 13.4. The van der Waals surface area contributed by atoms with E-state index in [0.29, 0.717) is 25.6 Å². The SMILES string of the molecule is CC(C)c1ccnc(N2CCN(C(=O)[C@@H]3CCCO3)CC2)n1. The number of nitrogens with zero attached hydrogens (tertiary/aromatic N) is 4. The molecule has 120 valence electrons. The Bertz CT molecular complexity index is 521. The van der Waals surface area contributed by atoms with Gasteiger partial charge in [0.15, 0.2) is 0 Å². The molecule has 1 amide bonds. The van der Waals surface area contributed by atoms with E-state index in [1.165, 1.54) is 0 Å². The third kappa shape index (κ3) is 3.21. The van der Waals surface area contributed by atoms with Gasteiger partial charge in [0.1, 0.15) is 6.10 Å². The number of hydrogen-bond acceptors (Lipinski definition) is 5. The Morgan fingerprint density at radius 2 is 2.09 bits per heavy atom. The van der Waals surface area contributed by atoms with Gasteiger partial charge in [-0.15, -0.1) is 0 Å². The summed E-state index contributed by atoms with van der Waals surface area (Å²) in [5.74, 6) is 1.31. The van der Waals surface area contributed by atoms with Gasteiger partial charge in [0, 0.05) is 44.7 Å². The molecule has 2 aliphatic rings. The van der Waals surface area contributed by atoms with Crippen LogP contribution >= 0.6 is 0 Å². The highest BCUT2D eigenvalue weighted by Gasteiger charge is 2.30. The number of rotatable bonds is 3. The lowest BCUT2D eigenvalue weighted by molar-refractivity contribution is -0.141. The van der Waals surface area contributed by atoms with Crippen molar-refractivity contribution in [3.63, 3.8) is 0 Å². The summed E-state index contributed by atoms with van der Waals surface area (Å²) in [5.41, 5.74) is 1.06. The maximum absolute atomic E-state index is 12.3. The lowest BCUT2D eigenvalue weighted by atomic mass is 10.1. The average molecular weight is 304 g/mol. The van der Waals surface area contributed by atoms with Crippen LogP contribution in [0.5, 0.6) is 0 Å². The van der Waals surface area contributed by atoms with E-state index >= 15 is 0 Å². The normalized spacial score (nSPS) is 22.4. The first-order chi connectivity index (χ1) is 10.6. The molecule has 0 radical (unpaired) electrons. The zero-order chi connectivity index (χ0) is 15.5. The molecule has 0 N–H and O–H groups in total. The van der Waals surface area contributed by atoms with Gasteiger partial charge in [-0.1, -0.05) is 13.8 Å². The van der Waals surface area contributed by atoms with Crippen LogP contribution in [0.3, 0.4) is 0 Å². The fourth-order valence-electron chi connectivity index (χ4n) is 2.94. The molecule has 0 bridgehead atoms. The molecule has 0 unspecified atom stereocenters. The van der Waals surface area contributed by atoms with Crippen LogP contribution in [0.1, 0.15) is 38.3 Å². The van der Waals surface area contributed by atoms with Crippen molar-refractivity contribution in [3.8, 4) is 0 Å². The third-order valence-corrected chi connectivity index (χ3v) is 4.34. The largest absolute Gasteiger partial charge is 0.368 e. The molecule has 6 heteroatoms. The predicted octanol–water partition coefficient (Wildman–Crippen LogP) is 1.43. The van der Waals surface area contributed by atoms with Crippen LogP contribution in [0.25, 0.3) is 0 Å². The molecule has 0 saturated carbocycles. The Balaban J connectivity index is 1.59. The molecule has 2 fully saturated rings. The van der Waals surface area contributed by atoms with Crippen LogP contribution in [0.4, 0.5) is 5.95 Å². The molecule has 0 aliphatic carbocycles. The number of aromatic nitrogens is 2. The molecule has 2 saturated heterocycles. The second-order valence-corrected chi connectivity index (χ2v) is 6.25. The first-order valence-corrected chi connectivity index (χ1v) is 8.13. The van der Waals surface area contributed by atoms with Crippen molar-refractivity contribution in [1.29, 1.82) is 0 Å². The highest BCUT2D eigenvalue weighted by Crippen LogP contribution is 2.18. The van der Waals surface area contributed by atoms with E-state index in [0.717, 1.165) is 37.6 Å². The quantitative estimate of drug-likeness (QED) is 0.845. The first kappa shape index (κ1) is 15.2. The Morgan fingerprint density at radius 3 is 2.73 bits per heavy atom. The van der Waals surface area contributed by atoms with Crippen LogP contribution < -0.4 is 4.90 Å². The van der Waals surface area contributed by atoms with Gasteiger partial charge >= 0.3 is 0 Å². The van der Waals surface area contributed by atoms with E-state index in [4.69, 9.17) is 4.74 Å². The molecule has 2 aliphatic heterocycles. The Kier molecular flexibility index (Phi) is 4.57. The van der Waals surface area contributed by atoms with Gasteiger partial charge in [-0.2, -0.15) is 0 Å². The number of piperazine rings is 1. The number of ether oxygens (including phenoxy) is 1. The Hall–Kier alpha value is -1.69. The number of carbonyl (C=O) groups excluding carboxylic acids is 1. The summed E-state index contributed by atoms with van der Waals surface area (Å²) in [6.45, 7) is 7.96. The highest BCUT2D eigenvalue weighted by molar-refractivity contribution is 5.81. The summed E-state index contributed by atoms with van der Waals surface area (Å²) in [6.07, 6.45) is 3.46. The monoisotopic (exact) mass is 304 g/mol. The molecule has 0 aromatic carbocycles. The van der Waals surface area contributed by atoms with Gasteiger partial charge in [0.25, 0.3) is 5.91 Å². The zero-order valence-electron chi connectivity index (χ0n) is 13.4. The van der Waals surface area contributed by atoms with Gasteiger partial charge in [0.05, 0.1) is 0 Å². The van der Waals surface area contributed by atoms with Crippen molar-refractivity contribution >= 4 is 11.9 Å². The van der Waals surface area contributed by atoms with Crippen LogP contribution in [-0.4, -0.2) is 59.7 Å². The molecule has 3 rings (SSSR count). The molecular formula is C16H24N4O2. The minimum Gasteiger partial charge on any atom is -0.368 e. The van der Waals surface area contributed by atoms with Crippen LogP contribution in [0.2, 0.25) is 0 Å². The molecule has 6 nitrogen and oxygen atoms in total. The second kappa shape index (κ2) is 6.60. The standard InChI is InChI=1S/C16H24N4O2/c1-12(2)13-5-6-17-16(18-13)20-9-7-19(8-10-20)15(21)14-4-3-11-22-14/h5-6,12,14H,3-4,7-11H2,1-2H3/t14-/m0/s1. The molecule has 1 atom stereocenters. The van der Waals surface area contributed by atoms with E-state index in [2.05, 4.69) is 28.7 Å². The van der Waals surface area contributed by atoms with Crippen molar-refractivity contribution < 1.29 is 9.53 Å². The average Bonchev–Trinajstić information content (AvgIpc) is 3.09. The topological polar surface area (TPSA) is 58.6 Å². The number of hydrogen-bond donors (Lipinski definition) is 0. The number of anilines is 1. The van der Waals surface area contributed by atoms with Crippen LogP contribution in [0, 0.1) is 0 Å². The molecule has 3 heterocycles. The van der Waals surface area contributed by atoms with Crippen molar-refractivity contribution in [2.45, 2.75) is 38.7 Å². The van der Waals surface area contributed by atoms with E-state index in [9.17, 15) is 4.79 Å². The van der Waals surface area contributed by atoms with Crippen molar-refractivity contribution in [3.05, 3.63) is 18.0 Å². The fraction of sp³-hybridized carbons (Fsp3) is 0.688. The van der Waals surface area contributed by atoms with Crippen molar-refractivity contribution in [1.82, 2.24) is 14.9 Å². The molecule has 1 aromatic heterocycles. The van der Waals surface area contributed by atoms with Gasteiger partial charge in [-0.05, 0) is 24.8 Å². The van der Waals surface area contributed by atoms with Crippen LogP contribution in [-0.2, 0) is 9.53 Å². The molecule has 1 aromatic rings. The lowest BCUT2D eigenvalue weighted by Gasteiger charge is -2.35. The van der Waals surface area contributed by atoms with Gasteiger partial charge < -0.3 is 14.5 Å². The Labute approximate surface area is 131 Å². The van der Waals surface area contributed by atoms with E-state index < -0.39 is 0 Å². The Morgan fingerprint density at radius 1 is 1.32 bits per heavy atom. The van der Waals surface area contributed by atoms with Crippen molar-refractivity contribution in [2.24, 2.45) is 0 Å². The lowest BCUT2D eigenvalue weighted by Crippen LogP contribution is -2.51. The van der Waals surface area contributed by atoms with Crippen LogP contribution in [0.15, 0.2) is 12.3 Å². The van der Waals surface area contributed by atoms with E-state index in [1.807, 2.05) is 17.2 Å². The third-order valence-electron chi connectivity index (χ3n) is 4.34. The summed E-state index contributed by atoms with van der Waals surface area (Å²) in [6, 6.07) is 1.96. The summed E-state index contributed by atoms with van der Waals surface area (Å²) < 4.78 is 5.49. The number of carbonyl (C=O) groups is 1. The minimum atomic E-state index is -0.216. The maximum atomic E-state index is 12.3. The smallest absolute Gasteiger partial charge is 0.251 e. The van der Waals surface area contributed by atoms with Gasteiger partial charge in [0.2, 0.25) is 5.95 Å². The fourth-order valence-corrected chi connectivity index (χ4v) is 2.94. The number of amides is 1. The van der Waals surface area contributed by atoms with Gasteiger partial charge in [-0.25, -0.2) is 9.97 Å².